The molecule has 0 radical (unpaired) electrons. The minimum atomic E-state index is -1.61. The van der Waals surface area contributed by atoms with E-state index in [9.17, 15) is 19.6 Å². The second-order valence-corrected chi connectivity index (χ2v) is 8.48. The number of nitrogens with zero attached hydrogens (tertiary/aromatic N) is 3. The third-order valence-electron chi connectivity index (χ3n) is 4.25. The molecule has 1 saturated heterocycles. The summed E-state index contributed by atoms with van der Waals surface area (Å²) in [5, 5.41) is 18.6. The Labute approximate surface area is 155 Å². The monoisotopic (exact) mass is 379 g/mol. The molecule has 0 aromatic carbocycles. The van der Waals surface area contributed by atoms with E-state index in [0.717, 1.165) is 11.3 Å². The van der Waals surface area contributed by atoms with E-state index < -0.39 is 12.7 Å². The van der Waals surface area contributed by atoms with Crippen LogP contribution in [0.3, 0.4) is 0 Å². The molecule has 1 aliphatic rings. The van der Waals surface area contributed by atoms with Gasteiger partial charge in [-0.3, -0.25) is 9.36 Å². The van der Waals surface area contributed by atoms with Crippen molar-refractivity contribution < 1.29 is 19.6 Å². The lowest BCUT2D eigenvalue weighted by molar-refractivity contribution is 0.0187. The SMILES string of the molecule is CC(C)(C)OC(=O)N1CCC(n2cnc3cc(B(O)O)sc3c2=O)CC1. The first-order chi connectivity index (χ1) is 12.2. The van der Waals surface area contributed by atoms with Gasteiger partial charge in [0.15, 0.2) is 0 Å². The van der Waals surface area contributed by atoms with Gasteiger partial charge in [-0.25, -0.2) is 9.78 Å². The molecule has 1 fully saturated rings. The zero-order chi connectivity index (χ0) is 19.1. The van der Waals surface area contributed by atoms with Gasteiger partial charge in [0.05, 0.1) is 11.8 Å². The summed E-state index contributed by atoms with van der Waals surface area (Å²) in [6, 6.07) is 1.46. The van der Waals surface area contributed by atoms with E-state index in [2.05, 4.69) is 4.98 Å². The van der Waals surface area contributed by atoms with Crippen LogP contribution in [0.1, 0.15) is 39.7 Å². The Bertz CT molecular complexity index is 865. The van der Waals surface area contributed by atoms with Crippen LogP contribution < -0.4 is 10.3 Å². The highest BCUT2D eigenvalue weighted by Gasteiger charge is 2.28. The molecule has 2 N–H and O–H groups in total. The minimum Gasteiger partial charge on any atom is -0.444 e. The standard InChI is InChI=1S/C16H22BN3O5S/c1-16(2,3)25-15(22)19-6-4-10(5-7-19)20-9-18-11-8-12(17(23)24)26-13(11)14(20)21/h8-10,23-24H,4-7H2,1-3H3. The number of rotatable bonds is 2. The van der Waals surface area contributed by atoms with Crippen LogP contribution in [-0.2, 0) is 4.74 Å². The number of hydrogen-bond donors (Lipinski definition) is 2. The molecular formula is C16H22BN3O5S. The van der Waals surface area contributed by atoms with Crippen LogP contribution >= 0.6 is 11.3 Å². The number of ether oxygens (including phenoxy) is 1. The number of amides is 1. The number of piperidine rings is 1. The van der Waals surface area contributed by atoms with Crippen LogP contribution in [0.15, 0.2) is 17.2 Å². The molecule has 0 spiro atoms. The van der Waals surface area contributed by atoms with Gasteiger partial charge in [-0.1, -0.05) is 0 Å². The van der Waals surface area contributed by atoms with E-state index in [1.807, 2.05) is 20.8 Å². The second kappa shape index (κ2) is 7.01. The van der Waals surface area contributed by atoms with Gasteiger partial charge < -0.3 is 19.7 Å². The quantitative estimate of drug-likeness (QED) is 0.745. The van der Waals surface area contributed by atoms with Crippen molar-refractivity contribution in [3.8, 4) is 0 Å². The maximum atomic E-state index is 12.7. The molecule has 0 atom stereocenters. The van der Waals surface area contributed by atoms with Crippen molar-refractivity contribution in [3.05, 3.63) is 22.7 Å². The lowest BCUT2D eigenvalue weighted by atomic mass is 9.90. The Kier molecular flexibility index (Phi) is 5.09. The van der Waals surface area contributed by atoms with E-state index in [1.54, 1.807) is 9.47 Å². The zero-order valence-electron chi connectivity index (χ0n) is 15.0. The van der Waals surface area contributed by atoms with E-state index in [1.165, 1.54) is 12.4 Å². The van der Waals surface area contributed by atoms with Crippen molar-refractivity contribution in [3.63, 3.8) is 0 Å². The molecule has 26 heavy (non-hydrogen) atoms. The van der Waals surface area contributed by atoms with Crippen LogP contribution in [-0.4, -0.2) is 56.4 Å². The summed E-state index contributed by atoms with van der Waals surface area (Å²) in [6.45, 7) is 6.51. The van der Waals surface area contributed by atoms with Crippen molar-refractivity contribution in [2.75, 3.05) is 13.1 Å². The van der Waals surface area contributed by atoms with Crippen molar-refractivity contribution >= 4 is 39.5 Å². The fourth-order valence-electron chi connectivity index (χ4n) is 2.98. The summed E-state index contributed by atoms with van der Waals surface area (Å²) >= 11 is 1.04. The van der Waals surface area contributed by atoms with Gasteiger partial charge in [-0.15, -0.1) is 11.3 Å². The Balaban J connectivity index is 1.74. The van der Waals surface area contributed by atoms with E-state index >= 15 is 0 Å². The molecule has 140 valence electrons. The number of thiophene rings is 1. The average Bonchev–Trinajstić information content (AvgIpc) is 2.99. The minimum absolute atomic E-state index is 0.0531. The topological polar surface area (TPSA) is 105 Å². The van der Waals surface area contributed by atoms with Crippen molar-refractivity contribution in [1.29, 1.82) is 0 Å². The van der Waals surface area contributed by atoms with Gasteiger partial charge >= 0.3 is 13.2 Å². The maximum Gasteiger partial charge on any atom is 0.499 e. The number of fused-ring (bicyclic) bond motifs is 1. The number of carbonyl (C=O) groups excluding carboxylic acids is 1. The van der Waals surface area contributed by atoms with E-state index in [0.29, 0.717) is 40.9 Å². The first kappa shape index (κ1) is 18.9. The number of carbonyl (C=O) groups is 1. The maximum absolute atomic E-state index is 12.7. The fourth-order valence-corrected chi connectivity index (χ4v) is 3.90. The lowest BCUT2D eigenvalue weighted by Crippen LogP contribution is -2.43. The Hall–Kier alpha value is -1.91. The molecule has 3 heterocycles. The van der Waals surface area contributed by atoms with Gasteiger partial charge in [0.25, 0.3) is 5.56 Å². The summed E-state index contributed by atoms with van der Waals surface area (Å²) in [5.74, 6) is 0. The Morgan fingerprint density at radius 3 is 2.58 bits per heavy atom. The molecular weight excluding hydrogens is 357 g/mol. The molecule has 0 unspecified atom stereocenters. The molecule has 0 aliphatic carbocycles. The molecule has 3 rings (SSSR count). The summed E-state index contributed by atoms with van der Waals surface area (Å²) in [5.41, 5.74) is -0.262. The largest absolute Gasteiger partial charge is 0.499 e. The molecule has 2 aromatic heterocycles. The third kappa shape index (κ3) is 3.92. The highest BCUT2D eigenvalue weighted by atomic mass is 32.1. The van der Waals surface area contributed by atoms with Crippen LogP contribution in [0.5, 0.6) is 0 Å². The fraction of sp³-hybridized carbons (Fsp3) is 0.562. The van der Waals surface area contributed by atoms with Gasteiger partial charge in [0.1, 0.15) is 10.3 Å². The predicted molar refractivity (Wildman–Crippen MR) is 99.8 cm³/mol. The summed E-state index contributed by atoms with van der Waals surface area (Å²) in [4.78, 5) is 30.8. The Morgan fingerprint density at radius 1 is 1.35 bits per heavy atom. The van der Waals surface area contributed by atoms with Crippen molar-refractivity contribution in [2.45, 2.75) is 45.3 Å². The second-order valence-electron chi connectivity index (χ2n) is 7.39. The van der Waals surface area contributed by atoms with Gasteiger partial charge in [0.2, 0.25) is 0 Å². The Morgan fingerprint density at radius 2 is 2.00 bits per heavy atom. The highest BCUT2D eigenvalue weighted by Crippen LogP contribution is 2.23. The third-order valence-corrected chi connectivity index (χ3v) is 5.40. The van der Waals surface area contributed by atoms with Gasteiger partial charge in [-0.2, -0.15) is 0 Å². The average molecular weight is 379 g/mol. The van der Waals surface area contributed by atoms with Crippen LogP contribution in [0, 0.1) is 0 Å². The molecule has 10 heteroatoms. The van der Waals surface area contributed by atoms with E-state index in [4.69, 9.17) is 4.74 Å². The van der Waals surface area contributed by atoms with Crippen LogP contribution in [0.2, 0.25) is 0 Å². The summed E-state index contributed by atoms with van der Waals surface area (Å²) in [6.07, 6.45) is 2.43. The molecule has 0 saturated carbocycles. The molecule has 2 aromatic rings. The highest BCUT2D eigenvalue weighted by molar-refractivity contribution is 7.27. The number of aromatic nitrogens is 2. The molecule has 1 amide bonds. The van der Waals surface area contributed by atoms with Crippen LogP contribution in [0.25, 0.3) is 10.2 Å². The normalized spacial score (nSPS) is 16.1. The number of likely N-dealkylation sites (tertiary alicyclic amines) is 1. The van der Waals surface area contributed by atoms with E-state index in [-0.39, 0.29) is 17.7 Å². The molecule has 8 nitrogen and oxygen atoms in total. The van der Waals surface area contributed by atoms with Crippen molar-refractivity contribution in [2.24, 2.45) is 0 Å². The van der Waals surface area contributed by atoms with Gasteiger partial charge in [0, 0.05) is 23.9 Å². The summed E-state index contributed by atoms with van der Waals surface area (Å²) in [7, 11) is -1.61. The van der Waals surface area contributed by atoms with Gasteiger partial charge in [-0.05, 0) is 39.7 Å². The zero-order valence-corrected chi connectivity index (χ0v) is 15.8. The smallest absolute Gasteiger partial charge is 0.444 e. The lowest BCUT2D eigenvalue weighted by Gasteiger charge is -2.33. The molecule has 0 bridgehead atoms. The molecule has 1 aliphatic heterocycles. The predicted octanol–water partition coefficient (Wildman–Crippen LogP) is 0.710. The van der Waals surface area contributed by atoms with Crippen LogP contribution in [0.4, 0.5) is 4.79 Å². The summed E-state index contributed by atoms with van der Waals surface area (Å²) < 4.78 is 7.67. The van der Waals surface area contributed by atoms with Crippen molar-refractivity contribution in [1.82, 2.24) is 14.5 Å². The first-order valence-electron chi connectivity index (χ1n) is 8.50. The number of hydrogen-bond acceptors (Lipinski definition) is 7. The first-order valence-corrected chi connectivity index (χ1v) is 9.32.